The zero-order valence-corrected chi connectivity index (χ0v) is 15.0. The van der Waals surface area contributed by atoms with Crippen molar-refractivity contribution in [1.29, 1.82) is 0 Å². The number of aryl methyl sites for hydroxylation is 1. The maximum absolute atomic E-state index is 12.4. The van der Waals surface area contributed by atoms with Gasteiger partial charge in [-0.1, -0.05) is 11.2 Å². The molecular formula is C19H17N3O5. The SMILES string of the molecule is COC(=O)C1=C(C(=O)OC)N(c2ccc(-c3nc(C)no3)cc2)C=CC=C1. The summed E-state index contributed by atoms with van der Waals surface area (Å²) in [6.07, 6.45) is 6.51. The molecule has 1 aromatic carbocycles. The standard InChI is InChI=1S/C19H17N3O5/c1-12-20-17(27-21-12)13-7-9-14(10-8-13)22-11-5-4-6-15(18(23)25-2)16(22)19(24)26-3/h4-11H,1-3H3. The van der Waals surface area contributed by atoms with Gasteiger partial charge in [0.1, 0.15) is 5.70 Å². The van der Waals surface area contributed by atoms with Crippen LogP contribution < -0.4 is 4.90 Å². The van der Waals surface area contributed by atoms with Gasteiger partial charge in [-0.05, 0) is 43.3 Å². The number of anilines is 1. The lowest BCUT2D eigenvalue weighted by Crippen LogP contribution is -2.26. The first-order valence-electron chi connectivity index (χ1n) is 8.01. The lowest BCUT2D eigenvalue weighted by atomic mass is 10.1. The highest BCUT2D eigenvalue weighted by atomic mass is 16.5. The zero-order valence-electron chi connectivity index (χ0n) is 15.0. The second kappa shape index (κ2) is 7.69. The van der Waals surface area contributed by atoms with Gasteiger partial charge in [-0.25, -0.2) is 9.59 Å². The highest BCUT2D eigenvalue weighted by Crippen LogP contribution is 2.28. The third kappa shape index (κ3) is 3.64. The molecule has 0 fully saturated rings. The van der Waals surface area contributed by atoms with E-state index in [0.29, 0.717) is 17.4 Å². The Hall–Kier alpha value is -3.68. The second-order valence-electron chi connectivity index (χ2n) is 5.51. The third-order valence-electron chi connectivity index (χ3n) is 3.81. The fourth-order valence-corrected chi connectivity index (χ4v) is 2.54. The quantitative estimate of drug-likeness (QED) is 0.761. The van der Waals surface area contributed by atoms with Gasteiger partial charge in [0, 0.05) is 17.5 Å². The Morgan fingerprint density at radius 3 is 2.33 bits per heavy atom. The largest absolute Gasteiger partial charge is 0.465 e. The van der Waals surface area contributed by atoms with Crippen LogP contribution in [0.1, 0.15) is 5.82 Å². The van der Waals surface area contributed by atoms with Crippen LogP contribution in [0.5, 0.6) is 0 Å². The highest BCUT2D eigenvalue weighted by molar-refractivity contribution is 6.05. The van der Waals surface area contributed by atoms with Crippen molar-refractivity contribution in [2.45, 2.75) is 6.92 Å². The highest BCUT2D eigenvalue weighted by Gasteiger charge is 2.27. The Labute approximate surface area is 155 Å². The van der Waals surface area contributed by atoms with E-state index in [9.17, 15) is 9.59 Å². The molecule has 1 aromatic heterocycles. The molecule has 1 aliphatic rings. The van der Waals surface area contributed by atoms with Crippen LogP contribution >= 0.6 is 0 Å². The van der Waals surface area contributed by atoms with Crippen LogP contribution in [0.3, 0.4) is 0 Å². The van der Waals surface area contributed by atoms with E-state index in [1.807, 2.05) is 0 Å². The van der Waals surface area contributed by atoms with Crippen LogP contribution in [0.15, 0.2) is 64.5 Å². The molecule has 0 saturated heterocycles. The molecule has 0 bridgehead atoms. The normalized spacial score (nSPS) is 13.5. The summed E-state index contributed by atoms with van der Waals surface area (Å²) in [6, 6.07) is 7.09. The van der Waals surface area contributed by atoms with Gasteiger partial charge in [-0.3, -0.25) is 0 Å². The van der Waals surface area contributed by atoms with Crippen LogP contribution in [0.2, 0.25) is 0 Å². The lowest BCUT2D eigenvalue weighted by molar-refractivity contribution is -0.139. The molecule has 1 aliphatic heterocycles. The van der Waals surface area contributed by atoms with Crippen molar-refractivity contribution in [3.63, 3.8) is 0 Å². The summed E-state index contributed by atoms with van der Waals surface area (Å²) in [7, 11) is 2.50. The summed E-state index contributed by atoms with van der Waals surface area (Å²) in [5.74, 6) is -0.373. The molecule has 27 heavy (non-hydrogen) atoms. The zero-order chi connectivity index (χ0) is 19.4. The summed E-state index contributed by atoms with van der Waals surface area (Å²) in [6.45, 7) is 1.73. The number of hydrogen-bond acceptors (Lipinski definition) is 8. The van der Waals surface area contributed by atoms with Crippen molar-refractivity contribution in [3.05, 3.63) is 65.8 Å². The molecule has 0 amide bonds. The number of hydrogen-bond donors (Lipinski definition) is 0. The summed E-state index contributed by atoms with van der Waals surface area (Å²) >= 11 is 0. The molecule has 0 saturated carbocycles. The van der Waals surface area contributed by atoms with E-state index < -0.39 is 11.9 Å². The van der Waals surface area contributed by atoms with Gasteiger partial charge in [0.15, 0.2) is 5.82 Å². The minimum atomic E-state index is -0.664. The van der Waals surface area contributed by atoms with Crippen molar-refractivity contribution >= 4 is 17.6 Å². The van der Waals surface area contributed by atoms with Crippen molar-refractivity contribution in [3.8, 4) is 11.5 Å². The fourth-order valence-electron chi connectivity index (χ4n) is 2.54. The lowest BCUT2D eigenvalue weighted by Gasteiger charge is -2.23. The predicted octanol–water partition coefficient (Wildman–Crippen LogP) is 2.54. The summed E-state index contributed by atoms with van der Waals surface area (Å²) in [5.41, 5.74) is 1.51. The molecule has 2 heterocycles. The molecule has 0 N–H and O–H groups in total. The van der Waals surface area contributed by atoms with Gasteiger partial charge in [0.05, 0.1) is 19.8 Å². The monoisotopic (exact) mass is 367 g/mol. The van der Waals surface area contributed by atoms with Gasteiger partial charge in [0.2, 0.25) is 0 Å². The Kier molecular flexibility index (Phi) is 5.16. The number of esters is 2. The molecule has 3 rings (SSSR count). The van der Waals surface area contributed by atoms with Gasteiger partial charge >= 0.3 is 11.9 Å². The van der Waals surface area contributed by atoms with Crippen molar-refractivity contribution < 1.29 is 23.6 Å². The van der Waals surface area contributed by atoms with Crippen molar-refractivity contribution in [2.24, 2.45) is 0 Å². The molecule has 138 valence electrons. The Morgan fingerprint density at radius 2 is 1.74 bits per heavy atom. The summed E-state index contributed by atoms with van der Waals surface area (Å²) in [4.78, 5) is 30.3. The Morgan fingerprint density at radius 1 is 1.04 bits per heavy atom. The van der Waals surface area contributed by atoms with Gasteiger partial charge in [-0.2, -0.15) is 4.98 Å². The number of carbonyl (C=O) groups excluding carboxylic acids is 2. The molecule has 2 aromatic rings. The molecular weight excluding hydrogens is 350 g/mol. The first kappa shape index (κ1) is 18.1. The van der Waals surface area contributed by atoms with Crippen LogP contribution in [-0.4, -0.2) is 36.3 Å². The van der Waals surface area contributed by atoms with E-state index in [0.717, 1.165) is 5.56 Å². The average molecular weight is 367 g/mol. The molecule has 8 heteroatoms. The Bertz CT molecular complexity index is 954. The van der Waals surface area contributed by atoms with Crippen molar-refractivity contribution in [2.75, 3.05) is 19.1 Å². The molecule has 0 aliphatic carbocycles. The van der Waals surface area contributed by atoms with Crippen LogP contribution in [0.25, 0.3) is 11.5 Å². The van der Waals surface area contributed by atoms with E-state index in [4.69, 9.17) is 14.0 Å². The number of ether oxygens (including phenoxy) is 2. The number of carbonyl (C=O) groups is 2. The smallest absolute Gasteiger partial charge is 0.355 e. The van der Waals surface area contributed by atoms with E-state index in [2.05, 4.69) is 10.1 Å². The van der Waals surface area contributed by atoms with Crippen LogP contribution in [0.4, 0.5) is 5.69 Å². The molecule has 0 atom stereocenters. The van der Waals surface area contributed by atoms with E-state index in [-0.39, 0.29) is 11.3 Å². The number of rotatable bonds is 4. The van der Waals surface area contributed by atoms with E-state index >= 15 is 0 Å². The van der Waals surface area contributed by atoms with Crippen LogP contribution in [0, 0.1) is 6.92 Å². The topological polar surface area (TPSA) is 94.8 Å². The summed E-state index contributed by atoms with van der Waals surface area (Å²) < 4.78 is 14.8. The molecule has 0 unspecified atom stereocenters. The number of benzene rings is 1. The maximum atomic E-state index is 12.4. The van der Waals surface area contributed by atoms with Crippen molar-refractivity contribution in [1.82, 2.24) is 10.1 Å². The molecule has 0 radical (unpaired) electrons. The summed E-state index contributed by atoms with van der Waals surface area (Å²) in [5, 5.41) is 3.77. The number of aromatic nitrogens is 2. The molecule has 0 spiro atoms. The first-order chi connectivity index (χ1) is 13.0. The van der Waals surface area contributed by atoms with Gasteiger partial charge < -0.3 is 18.9 Å². The van der Waals surface area contributed by atoms with Crippen LogP contribution in [-0.2, 0) is 19.1 Å². The minimum Gasteiger partial charge on any atom is -0.465 e. The third-order valence-corrected chi connectivity index (χ3v) is 3.81. The van der Waals surface area contributed by atoms with Gasteiger partial charge in [0.25, 0.3) is 5.89 Å². The fraction of sp³-hybridized carbons (Fsp3) is 0.158. The average Bonchev–Trinajstić information content (AvgIpc) is 3.01. The molecule has 8 nitrogen and oxygen atoms in total. The number of nitrogens with zero attached hydrogens (tertiary/aromatic N) is 3. The Balaban J connectivity index is 2.04. The predicted molar refractivity (Wildman–Crippen MR) is 96.3 cm³/mol. The van der Waals surface area contributed by atoms with E-state index in [1.165, 1.54) is 20.3 Å². The maximum Gasteiger partial charge on any atom is 0.355 e. The minimum absolute atomic E-state index is 0.0516. The first-order valence-corrected chi connectivity index (χ1v) is 8.01. The van der Waals surface area contributed by atoms with Gasteiger partial charge in [-0.15, -0.1) is 0 Å². The van der Waals surface area contributed by atoms with E-state index in [1.54, 1.807) is 54.4 Å². The number of methoxy groups -OCH3 is 2. The second-order valence-corrected chi connectivity index (χ2v) is 5.51. The number of allylic oxidation sites excluding steroid dienone is 2.